The van der Waals surface area contributed by atoms with E-state index >= 15 is 0 Å². The summed E-state index contributed by atoms with van der Waals surface area (Å²) < 4.78 is 2.91. The zero-order valence-electron chi connectivity index (χ0n) is 9.08. The summed E-state index contributed by atoms with van der Waals surface area (Å²) in [6, 6.07) is -0.196. The highest BCUT2D eigenvalue weighted by Gasteiger charge is 2.33. The van der Waals surface area contributed by atoms with Crippen molar-refractivity contribution in [1.82, 2.24) is 5.32 Å². The summed E-state index contributed by atoms with van der Waals surface area (Å²) in [5.74, 6) is -0.906. The van der Waals surface area contributed by atoms with Crippen molar-refractivity contribution in [3.8, 4) is 0 Å². The van der Waals surface area contributed by atoms with E-state index in [0.717, 1.165) is 0 Å². The maximum absolute atomic E-state index is 11.4. The van der Waals surface area contributed by atoms with E-state index in [2.05, 4.69) is 5.32 Å². The lowest BCUT2D eigenvalue weighted by Crippen LogP contribution is -2.40. The van der Waals surface area contributed by atoms with Crippen LogP contribution in [-0.4, -0.2) is 28.3 Å². The second kappa shape index (κ2) is 5.94. The van der Waals surface area contributed by atoms with Gasteiger partial charge in [0.05, 0.1) is 6.61 Å². The highest BCUT2D eigenvalue weighted by Crippen LogP contribution is 2.27. The molecule has 0 bridgehead atoms. The summed E-state index contributed by atoms with van der Waals surface area (Å²) in [5.41, 5.74) is 0. The van der Waals surface area contributed by atoms with Crippen LogP contribution in [0.2, 0.25) is 0 Å². The van der Waals surface area contributed by atoms with Gasteiger partial charge in [0.1, 0.15) is 0 Å². The average Bonchev–Trinajstić information content (AvgIpc) is 2.61. The minimum atomic E-state index is -1.96. The van der Waals surface area contributed by atoms with Crippen molar-refractivity contribution < 1.29 is 14.3 Å². The first kappa shape index (κ1) is 14.6. The first-order valence-corrected chi connectivity index (χ1v) is 6.12. The van der Waals surface area contributed by atoms with E-state index in [1.54, 1.807) is 6.08 Å². The Morgan fingerprint density at radius 3 is 2.59 bits per heavy atom. The predicted octanol–water partition coefficient (Wildman–Crippen LogP) is 1.98. The van der Waals surface area contributed by atoms with Crippen LogP contribution in [0.1, 0.15) is 13.3 Å². The molecule has 0 unspecified atom stereocenters. The molecule has 1 N–H and O–H groups in total. The molecule has 2 atom stereocenters. The third-order valence-electron chi connectivity index (χ3n) is 2.25. The van der Waals surface area contributed by atoms with Crippen LogP contribution in [0.3, 0.4) is 0 Å². The molecule has 1 amide bonds. The standard InChI is InChI=1S/C10H12Cl3NO3/c1-6(15)17-5-7-2-3-8(4-7)14-9(16)10(11,12)13/h2-3,7-8H,4-5H2,1H3,(H,14,16)/t7-,8+/m1/s1. The molecule has 0 aliphatic heterocycles. The second-order valence-corrected chi connectivity index (χ2v) is 6.04. The van der Waals surface area contributed by atoms with Crippen molar-refractivity contribution in [2.75, 3.05) is 6.61 Å². The molecule has 0 radical (unpaired) electrons. The molecule has 0 aromatic carbocycles. The molecule has 1 aliphatic carbocycles. The van der Waals surface area contributed by atoms with Crippen LogP contribution in [0.5, 0.6) is 0 Å². The van der Waals surface area contributed by atoms with Crippen molar-refractivity contribution in [1.29, 1.82) is 0 Å². The molecule has 0 heterocycles. The van der Waals surface area contributed by atoms with Crippen molar-refractivity contribution in [3.63, 3.8) is 0 Å². The van der Waals surface area contributed by atoms with Gasteiger partial charge in [0.2, 0.25) is 0 Å². The van der Waals surface area contributed by atoms with E-state index in [9.17, 15) is 9.59 Å². The summed E-state index contributed by atoms with van der Waals surface area (Å²) >= 11 is 16.3. The van der Waals surface area contributed by atoms with E-state index in [0.29, 0.717) is 13.0 Å². The number of rotatable bonds is 3. The summed E-state index contributed by atoms with van der Waals surface area (Å²) in [6.07, 6.45) is 4.29. The van der Waals surface area contributed by atoms with E-state index in [1.807, 2.05) is 6.08 Å². The lowest BCUT2D eigenvalue weighted by Gasteiger charge is -2.17. The van der Waals surface area contributed by atoms with Gasteiger partial charge in [0, 0.05) is 18.9 Å². The SMILES string of the molecule is CC(=O)OC[C@@H]1C=C[C@H](NC(=O)C(Cl)(Cl)Cl)C1. The highest BCUT2D eigenvalue weighted by molar-refractivity contribution is 6.76. The summed E-state index contributed by atoms with van der Waals surface area (Å²) in [5, 5.41) is 2.57. The van der Waals surface area contributed by atoms with Crippen LogP contribution >= 0.6 is 34.8 Å². The van der Waals surface area contributed by atoms with Gasteiger partial charge >= 0.3 is 5.97 Å². The Kier molecular flexibility index (Phi) is 5.10. The van der Waals surface area contributed by atoms with Crippen LogP contribution < -0.4 is 5.32 Å². The average molecular weight is 301 g/mol. The normalized spacial score (nSPS) is 23.5. The van der Waals surface area contributed by atoms with Gasteiger partial charge in [0.25, 0.3) is 9.70 Å². The number of alkyl halides is 3. The number of carbonyl (C=O) groups is 2. The number of hydrogen-bond acceptors (Lipinski definition) is 3. The van der Waals surface area contributed by atoms with Crippen LogP contribution in [0.25, 0.3) is 0 Å². The molecule has 1 rings (SSSR count). The van der Waals surface area contributed by atoms with Gasteiger partial charge in [-0.2, -0.15) is 0 Å². The predicted molar refractivity (Wildman–Crippen MR) is 66.1 cm³/mol. The van der Waals surface area contributed by atoms with Crippen LogP contribution in [0.4, 0.5) is 0 Å². The topological polar surface area (TPSA) is 55.4 Å². The second-order valence-electron chi connectivity index (χ2n) is 3.76. The van der Waals surface area contributed by atoms with Gasteiger partial charge in [-0.3, -0.25) is 9.59 Å². The van der Waals surface area contributed by atoms with Gasteiger partial charge in [-0.05, 0) is 6.42 Å². The molecule has 0 aromatic rings. The van der Waals surface area contributed by atoms with E-state index in [-0.39, 0.29) is 17.9 Å². The van der Waals surface area contributed by atoms with E-state index in [4.69, 9.17) is 39.5 Å². The molecule has 1 aliphatic rings. The lowest BCUT2D eigenvalue weighted by molar-refractivity contribution is -0.141. The van der Waals surface area contributed by atoms with E-state index < -0.39 is 9.70 Å². The molecule has 0 aromatic heterocycles. The monoisotopic (exact) mass is 299 g/mol. The molecular formula is C10H12Cl3NO3. The molecule has 4 nitrogen and oxygen atoms in total. The Bertz CT molecular complexity index is 338. The summed E-state index contributed by atoms with van der Waals surface area (Å²) in [6.45, 7) is 1.65. The van der Waals surface area contributed by atoms with Crippen molar-refractivity contribution in [2.24, 2.45) is 5.92 Å². The molecule has 0 fully saturated rings. The van der Waals surface area contributed by atoms with Gasteiger partial charge in [-0.25, -0.2) is 0 Å². The van der Waals surface area contributed by atoms with Gasteiger partial charge in [0.15, 0.2) is 0 Å². The van der Waals surface area contributed by atoms with Crippen LogP contribution in [-0.2, 0) is 14.3 Å². The number of amides is 1. The largest absolute Gasteiger partial charge is 0.465 e. The Hall–Kier alpha value is -0.450. The van der Waals surface area contributed by atoms with Gasteiger partial charge in [-0.15, -0.1) is 0 Å². The Morgan fingerprint density at radius 2 is 2.06 bits per heavy atom. The minimum Gasteiger partial charge on any atom is -0.465 e. The number of esters is 1. The third-order valence-corrected chi connectivity index (χ3v) is 2.76. The highest BCUT2D eigenvalue weighted by atomic mass is 35.6. The Labute approximate surface area is 114 Å². The number of halogens is 3. The Morgan fingerprint density at radius 1 is 1.41 bits per heavy atom. The number of ether oxygens (including phenoxy) is 1. The number of nitrogens with one attached hydrogen (secondary N) is 1. The fraction of sp³-hybridized carbons (Fsp3) is 0.600. The first-order valence-electron chi connectivity index (χ1n) is 4.98. The lowest BCUT2D eigenvalue weighted by atomic mass is 10.1. The minimum absolute atomic E-state index is 0.0829. The molecule has 0 saturated carbocycles. The fourth-order valence-corrected chi connectivity index (χ4v) is 1.64. The molecule has 0 saturated heterocycles. The zero-order chi connectivity index (χ0) is 13.1. The summed E-state index contributed by atoms with van der Waals surface area (Å²) in [4.78, 5) is 22.0. The van der Waals surface area contributed by atoms with Crippen LogP contribution in [0, 0.1) is 5.92 Å². The maximum atomic E-state index is 11.4. The summed E-state index contributed by atoms with van der Waals surface area (Å²) in [7, 11) is 0. The number of hydrogen-bond donors (Lipinski definition) is 1. The van der Waals surface area contributed by atoms with Gasteiger partial charge in [-0.1, -0.05) is 47.0 Å². The molecule has 0 spiro atoms. The van der Waals surface area contributed by atoms with Gasteiger partial charge < -0.3 is 10.1 Å². The fourth-order valence-electron chi connectivity index (χ4n) is 1.48. The zero-order valence-corrected chi connectivity index (χ0v) is 11.4. The van der Waals surface area contributed by atoms with Crippen molar-refractivity contribution >= 4 is 46.7 Å². The smallest absolute Gasteiger partial charge is 0.302 e. The molecule has 17 heavy (non-hydrogen) atoms. The quantitative estimate of drug-likeness (QED) is 0.492. The van der Waals surface area contributed by atoms with E-state index in [1.165, 1.54) is 6.92 Å². The molecule has 7 heteroatoms. The number of carbonyl (C=O) groups excluding carboxylic acids is 2. The molecular weight excluding hydrogens is 288 g/mol. The first-order chi connectivity index (χ1) is 7.79. The third kappa shape index (κ3) is 5.15. The van der Waals surface area contributed by atoms with Crippen molar-refractivity contribution in [3.05, 3.63) is 12.2 Å². The Balaban J connectivity index is 2.35. The van der Waals surface area contributed by atoms with Crippen LogP contribution in [0.15, 0.2) is 12.2 Å². The molecule has 96 valence electrons. The maximum Gasteiger partial charge on any atom is 0.302 e. The van der Waals surface area contributed by atoms with Crippen molar-refractivity contribution in [2.45, 2.75) is 23.2 Å².